The number of nitrogens with zero attached hydrogens (tertiary/aromatic N) is 3. The first-order valence-corrected chi connectivity index (χ1v) is 8.33. The quantitative estimate of drug-likeness (QED) is 0.517. The number of oxazole rings is 1. The smallest absolute Gasteiger partial charge is 0.442 e. The Morgan fingerprint density at radius 2 is 2.10 bits per heavy atom. The second kappa shape index (κ2) is 7.25. The van der Waals surface area contributed by atoms with Crippen LogP contribution in [0.25, 0.3) is 22.4 Å². The molecule has 1 amide bonds. The van der Waals surface area contributed by atoms with Crippen molar-refractivity contribution in [2.75, 3.05) is 5.32 Å². The predicted molar refractivity (Wildman–Crippen MR) is 97.4 cm³/mol. The highest BCUT2D eigenvalue weighted by Gasteiger charge is 2.34. The molecule has 0 bridgehead atoms. The molecule has 2 aromatic carbocycles. The summed E-state index contributed by atoms with van der Waals surface area (Å²) in [6.07, 6.45) is -2.36. The van der Waals surface area contributed by atoms with Crippen LogP contribution in [0, 0.1) is 11.3 Å². The Morgan fingerprint density at radius 3 is 2.80 bits per heavy atom. The average Bonchev–Trinajstić information content (AvgIpc) is 3.36. The first-order valence-electron chi connectivity index (χ1n) is 8.33. The number of fused-ring (bicyclic) bond motifs is 1. The van der Waals surface area contributed by atoms with Crippen molar-refractivity contribution in [3.63, 3.8) is 0 Å². The Bertz CT molecular complexity index is 1270. The molecular weight excluding hydrogens is 403 g/mol. The molecule has 0 unspecified atom stereocenters. The SMILES string of the molecule is N#Cc1cccc(C(=O)Nc2ccc3[nH]nc(-c4cnco4)c3c2)c1OC(F)(F)F. The first-order chi connectivity index (χ1) is 14.4. The van der Waals surface area contributed by atoms with Crippen LogP contribution in [0.3, 0.4) is 0 Å². The molecular formula is C19H10F3N5O3. The van der Waals surface area contributed by atoms with Crippen LogP contribution >= 0.6 is 0 Å². The lowest BCUT2D eigenvalue weighted by Gasteiger charge is -2.14. The lowest BCUT2D eigenvalue weighted by Crippen LogP contribution is -2.21. The van der Waals surface area contributed by atoms with Crippen LogP contribution in [0.4, 0.5) is 18.9 Å². The van der Waals surface area contributed by atoms with Crippen LogP contribution in [0.5, 0.6) is 5.75 Å². The van der Waals surface area contributed by atoms with Crippen LogP contribution < -0.4 is 10.1 Å². The number of alkyl halides is 3. The summed E-state index contributed by atoms with van der Waals surface area (Å²) in [6, 6.07) is 9.89. The molecule has 0 aliphatic carbocycles. The highest BCUT2D eigenvalue weighted by molar-refractivity contribution is 6.07. The monoisotopic (exact) mass is 413 g/mol. The van der Waals surface area contributed by atoms with Gasteiger partial charge in [-0.25, -0.2) is 4.98 Å². The number of rotatable bonds is 4. The fraction of sp³-hybridized carbons (Fsp3) is 0.0526. The molecule has 0 saturated heterocycles. The van der Waals surface area contributed by atoms with E-state index in [2.05, 4.69) is 25.2 Å². The Balaban J connectivity index is 1.69. The van der Waals surface area contributed by atoms with Gasteiger partial charge in [-0.1, -0.05) is 6.07 Å². The lowest BCUT2D eigenvalue weighted by atomic mass is 10.1. The Kier molecular flexibility index (Phi) is 4.59. The summed E-state index contributed by atoms with van der Waals surface area (Å²) in [6.45, 7) is 0. The van der Waals surface area contributed by atoms with E-state index in [1.165, 1.54) is 18.7 Å². The molecule has 0 aliphatic rings. The minimum Gasteiger partial charge on any atom is -0.442 e. The van der Waals surface area contributed by atoms with Gasteiger partial charge in [0.2, 0.25) is 0 Å². The largest absolute Gasteiger partial charge is 0.573 e. The van der Waals surface area contributed by atoms with Gasteiger partial charge in [0.1, 0.15) is 11.8 Å². The number of aromatic nitrogens is 3. The average molecular weight is 413 g/mol. The molecule has 0 aliphatic heterocycles. The van der Waals surface area contributed by atoms with Crippen LogP contribution in [-0.4, -0.2) is 27.5 Å². The van der Waals surface area contributed by atoms with Crippen LogP contribution in [-0.2, 0) is 0 Å². The second-order valence-electron chi connectivity index (χ2n) is 5.99. The minimum atomic E-state index is -5.07. The highest BCUT2D eigenvalue weighted by atomic mass is 19.4. The van der Waals surface area contributed by atoms with Gasteiger partial charge in [-0.05, 0) is 30.3 Å². The third-order valence-corrected chi connectivity index (χ3v) is 4.08. The van der Waals surface area contributed by atoms with Crippen molar-refractivity contribution in [3.05, 3.63) is 60.1 Å². The Morgan fingerprint density at radius 1 is 1.27 bits per heavy atom. The Labute approximate surface area is 165 Å². The summed E-state index contributed by atoms with van der Waals surface area (Å²) in [5, 5.41) is 19.1. The molecule has 11 heteroatoms. The number of nitrogens with one attached hydrogen (secondary N) is 2. The lowest BCUT2D eigenvalue weighted by molar-refractivity contribution is -0.274. The molecule has 2 heterocycles. The molecule has 4 aromatic rings. The zero-order valence-corrected chi connectivity index (χ0v) is 14.8. The number of amides is 1. The molecule has 0 atom stereocenters. The molecule has 0 saturated carbocycles. The van der Waals surface area contributed by atoms with Gasteiger partial charge >= 0.3 is 6.36 Å². The first kappa shape index (κ1) is 19.0. The molecule has 8 nitrogen and oxygen atoms in total. The zero-order valence-electron chi connectivity index (χ0n) is 14.8. The topological polar surface area (TPSA) is 117 Å². The van der Waals surface area contributed by atoms with Crippen molar-refractivity contribution in [1.82, 2.24) is 15.2 Å². The van der Waals surface area contributed by atoms with Gasteiger partial charge in [0.05, 0.1) is 22.8 Å². The number of carbonyl (C=O) groups excluding carboxylic acids is 1. The summed E-state index contributed by atoms with van der Waals surface area (Å²) in [5.41, 5.74) is 0.528. The molecule has 150 valence electrons. The van der Waals surface area contributed by atoms with E-state index >= 15 is 0 Å². The zero-order chi connectivity index (χ0) is 21.3. The standard InChI is InChI=1S/C19H10F3N5O3/c20-19(21,22)30-17-10(7-23)2-1-3-12(17)18(28)25-11-4-5-14-13(6-11)16(27-26-14)15-8-24-9-29-15/h1-6,8-9H,(H,25,28)(H,26,27). The number of nitriles is 1. The van der Waals surface area contributed by atoms with E-state index in [0.29, 0.717) is 22.4 Å². The molecule has 30 heavy (non-hydrogen) atoms. The number of para-hydroxylation sites is 1. The maximum atomic E-state index is 12.8. The van der Waals surface area contributed by atoms with E-state index < -0.39 is 29.1 Å². The number of ether oxygens (including phenoxy) is 1. The number of aromatic amines is 1. The third kappa shape index (κ3) is 3.66. The molecule has 0 spiro atoms. The van der Waals surface area contributed by atoms with E-state index in [1.807, 2.05) is 0 Å². The molecule has 2 N–H and O–H groups in total. The summed E-state index contributed by atoms with van der Waals surface area (Å²) in [5.74, 6) is -1.35. The van der Waals surface area contributed by atoms with Gasteiger partial charge in [0, 0.05) is 11.1 Å². The van der Waals surface area contributed by atoms with Gasteiger partial charge in [-0.2, -0.15) is 10.4 Å². The van der Waals surface area contributed by atoms with Gasteiger partial charge in [-0.15, -0.1) is 13.2 Å². The van der Waals surface area contributed by atoms with Crippen molar-refractivity contribution in [2.45, 2.75) is 6.36 Å². The van der Waals surface area contributed by atoms with E-state index in [-0.39, 0.29) is 5.69 Å². The minimum absolute atomic E-state index is 0.287. The second-order valence-corrected chi connectivity index (χ2v) is 5.99. The normalized spacial score (nSPS) is 11.3. The van der Waals surface area contributed by atoms with E-state index in [9.17, 15) is 18.0 Å². The van der Waals surface area contributed by atoms with Crippen molar-refractivity contribution < 1.29 is 27.1 Å². The van der Waals surface area contributed by atoms with Crippen molar-refractivity contribution in [1.29, 1.82) is 5.26 Å². The van der Waals surface area contributed by atoms with Gasteiger partial charge < -0.3 is 14.5 Å². The molecule has 2 aromatic heterocycles. The van der Waals surface area contributed by atoms with Gasteiger partial charge in [0.25, 0.3) is 5.91 Å². The van der Waals surface area contributed by atoms with E-state index in [1.54, 1.807) is 24.3 Å². The number of hydrogen-bond acceptors (Lipinski definition) is 6. The van der Waals surface area contributed by atoms with Crippen molar-refractivity contribution in [3.8, 4) is 23.3 Å². The maximum absolute atomic E-state index is 12.8. The van der Waals surface area contributed by atoms with Crippen LogP contribution in [0.2, 0.25) is 0 Å². The van der Waals surface area contributed by atoms with E-state index in [0.717, 1.165) is 12.1 Å². The number of hydrogen-bond donors (Lipinski definition) is 2. The molecule has 0 fully saturated rings. The van der Waals surface area contributed by atoms with Gasteiger partial charge in [-0.3, -0.25) is 9.89 Å². The maximum Gasteiger partial charge on any atom is 0.573 e. The van der Waals surface area contributed by atoms with Gasteiger partial charge in [0.15, 0.2) is 17.9 Å². The molecule has 0 radical (unpaired) electrons. The fourth-order valence-electron chi connectivity index (χ4n) is 2.84. The number of H-pyrrole nitrogens is 1. The summed E-state index contributed by atoms with van der Waals surface area (Å²) in [4.78, 5) is 16.5. The number of carbonyl (C=O) groups is 1. The van der Waals surface area contributed by atoms with Crippen molar-refractivity contribution in [2.24, 2.45) is 0 Å². The van der Waals surface area contributed by atoms with Crippen LogP contribution in [0.1, 0.15) is 15.9 Å². The summed E-state index contributed by atoms with van der Waals surface area (Å²) < 4.78 is 47.4. The number of halogens is 3. The summed E-state index contributed by atoms with van der Waals surface area (Å²) in [7, 11) is 0. The van der Waals surface area contributed by atoms with E-state index in [4.69, 9.17) is 9.68 Å². The van der Waals surface area contributed by atoms with Crippen LogP contribution in [0.15, 0.2) is 53.4 Å². The highest BCUT2D eigenvalue weighted by Crippen LogP contribution is 2.32. The number of benzene rings is 2. The Hall–Kier alpha value is -4.33. The van der Waals surface area contributed by atoms with Crippen molar-refractivity contribution >= 4 is 22.5 Å². The fourth-order valence-corrected chi connectivity index (χ4v) is 2.84. The molecule has 4 rings (SSSR count). The number of anilines is 1. The predicted octanol–water partition coefficient (Wildman–Crippen LogP) is 4.24. The summed E-state index contributed by atoms with van der Waals surface area (Å²) >= 11 is 0. The third-order valence-electron chi connectivity index (χ3n) is 4.08.